The maximum absolute atomic E-state index is 6.28. The predicted molar refractivity (Wildman–Crippen MR) is 90.3 cm³/mol. The molecule has 5 heteroatoms. The number of thioether (sulfide) groups is 1. The van der Waals surface area contributed by atoms with Gasteiger partial charge in [-0.05, 0) is 46.6 Å². The Bertz CT molecular complexity index is 544. The van der Waals surface area contributed by atoms with Crippen molar-refractivity contribution >= 4 is 50.6 Å². The summed E-state index contributed by atoms with van der Waals surface area (Å²) in [5.41, 5.74) is 6.28. The molecule has 1 nitrogen and oxygen atoms in total. The summed E-state index contributed by atoms with van der Waals surface area (Å²) in [5.74, 6) is 0. The highest BCUT2D eigenvalue weighted by Gasteiger charge is 2.22. The molecule has 0 aliphatic carbocycles. The van der Waals surface area contributed by atoms with Gasteiger partial charge >= 0.3 is 0 Å². The van der Waals surface area contributed by atoms with Crippen molar-refractivity contribution in [2.75, 3.05) is 0 Å². The van der Waals surface area contributed by atoms with E-state index in [1.54, 1.807) is 23.1 Å². The second-order valence-corrected chi connectivity index (χ2v) is 7.97. The largest absolute Gasteiger partial charge is 0.326 e. The van der Waals surface area contributed by atoms with E-state index in [1.807, 2.05) is 18.2 Å². The Morgan fingerprint density at radius 3 is 2.63 bits per heavy atom. The van der Waals surface area contributed by atoms with Crippen molar-refractivity contribution < 1.29 is 0 Å². The monoisotopic (exact) mass is 375 g/mol. The lowest BCUT2D eigenvalue weighted by Gasteiger charge is -2.21. The van der Waals surface area contributed by atoms with Crippen molar-refractivity contribution in [2.24, 2.45) is 5.73 Å². The van der Waals surface area contributed by atoms with Crippen LogP contribution in [0.3, 0.4) is 0 Å². The van der Waals surface area contributed by atoms with Crippen LogP contribution >= 0.6 is 50.6 Å². The number of hydrogen-bond acceptors (Lipinski definition) is 3. The van der Waals surface area contributed by atoms with Gasteiger partial charge in [-0.25, -0.2) is 0 Å². The smallest absolute Gasteiger partial charge is 0.0931 e. The molecule has 2 atom stereocenters. The van der Waals surface area contributed by atoms with Gasteiger partial charge in [0.15, 0.2) is 0 Å². The molecule has 1 aromatic carbocycles. The average molecular weight is 377 g/mol. The fraction of sp³-hybridized carbons (Fsp3) is 0.286. The van der Waals surface area contributed by atoms with Gasteiger partial charge in [-0.3, -0.25) is 0 Å². The third-order valence-corrected chi connectivity index (χ3v) is 6.71. The van der Waals surface area contributed by atoms with Crippen molar-refractivity contribution in [3.05, 3.63) is 50.1 Å². The van der Waals surface area contributed by atoms with Gasteiger partial charge in [0.05, 0.1) is 9.59 Å². The molecule has 2 rings (SSSR count). The lowest BCUT2D eigenvalue weighted by Crippen LogP contribution is -2.25. The number of halogens is 2. The molecule has 2 unspecified atom stereocenters. The molecule has 0 radical (unpaired) electrons. The minimum absolute atomic E-state index is 0.117. The Hall–Kier alpha value is -0.0000000000000000278. The Labute approximate surface area is 135 Å². The molecule has 102 valence electrons. The summed E-state index contributed by atoms with van der Waals surface area (Å²) < 4.78 is 1.92. The fourth-order valence-electron chi connectivity index (χ4n) is 1.73. The van der Waals surface area contributed by atoms with Crippen LogP contribution in [0, 0.1) is 0 Å². The third kappa shape index (κ3) is 3.99. The van der Waals surface area contributed by atoms with Crippen LogP contribution in [0.1, 0.15) is 23.5 Å². The van der Waals surface area contributed by atoms with Crippen molar-refractivity contribution in [3.8, 4) is 0 Å². The molecule has 1 heterocycles. The number of benzene rings is 1. The summed E-state index contributed by atoms with van der Waals surface area (Å²) in [5, 5.41) is 0.237. The number of hydrogen-bond donors (Lipinski definition) is 1. The van der Waals surface area contributed by atoms with Crippen LogP contribution in [0.2, 0.25) is 4.34 Å². The van der Waals surface area contributed by atoms with E-state index in [1.165, 1.54) is 9.77 Å². The normalized spacial score (nSPS) is 14.3. The average Bonchev–Trinajstić information content (AvgIpc) is 2.83. The summed E-state index contributed by atoms with van der Waals surface area (Å²) in [6.07, 6.45) is 0.942. The Morgan fingerprint density at radius 2 is 2.05 bits per heavy atom. The molecule has 0 fully saturated rings. The van der Waals surface area contributed by atoms with Crippen LogP contribution in [0.5, 0.6) is 0 Å². The van der Waals surface area contributed by atoms with Gasteiger partial charge in [0.1, 0.15) is 0 Å². The SMILES string of the molecule is CCC(N)C(Sc1ccccc1Br)c1ccc(Cl)s1. The lowest BCUT2D eigenvalue weighted by molar-refractivity contribution is 0.640. The van der Waals surface area contributed by atoms with Crippen molar-refractivity contribution in [1.82, 2.24) is 0 Å². The van der Waals surface area contributed by atoms with Gasteiger partial charge in [-0.2, -0.15) is 0 Å². The van der Waals surface area contributed by atoms with E-state index in [-0.39, 0.29) is 11.3 Å². The molecule has 1 aromatic heterocycles. The highest BCUT2D eigenvalue weighted by atomic mass is 79.9. The first-order valence-electron chi connectivity index (χ1n) is 6.03. The standard InChI is InChI=1S/C14H15BrClNS2/c1-2-10(17)14(12-7-8-13(16)18-12)19-11-6-4-3-5-9(11)15/h3-8,10,14H,2,17H2,1H3. The van der Waals surface area contributed by atoms with Crippen LogP contribution in [0.15, 0.2) is 45.8 Å². The fourth-order valence-corrected chi connectivity index (χ4v) is 4.87. The molecule has 19 heavy (non-hydrogen) atoms. The summed E-state index contributed by atoms with van der Waals surface area (Å²) >= 11 is 13.0. The quantitative estimate of drug-likeness (QED) is 0.674. The maximum Gasteiger partial charge on any atom is 0.0931 e. The number of thiophene rings is 1. The lowest BCUT2D eigenvalue weighted by atomic mass is 10.1. The van der Waals surface area contributed by atoms with E-state index in [0.717, 1.165) is 15.2 Å². The third-order valence-electron chi connectivity index (χ3n) is 2.83. The van der Waals surface area contributed by atoms with Gasteiger partial charge in [0.25, 0.3) is 0 Å². The second-order valence-electron chi connectivity index (χ2n) is 4.18. The zero-order valence-corrected chi connectivity index (χ0v) is 14.5. The van der Waals surface area contributed by atoms with Crippen molar-refractivity contribution in [2.45, 2.75) is 29.5 Å². The van der Waals surface area contributed by atoms with Crippen LogP contribution in [-0.2, 0) is 0 Å². The summed E-state index contributed by atoms with van der Waals surface area (Å²) in [6.45, 7) is 2.12. The van der Waals surface area contributed by atoms with Crippen LogP contribution in [0.4, 0.5) is 0 Å². The highest BCUT2D eigenvalue weighted by molar-refractivity contribution is 9.10. The first kappa shape index (κ1) is 15.4. The Balaban J connectivity index is 2.27. The molecular formula is C14H15BrClNS2. The van der Waals surface area contributed by atoms with E-state index in [4.69, 9.17) is 17.3 Å². The van der Waals surface area contributed by atoms with E-state index < -0.39 is 0 Å². The zero-order chi connectivity index (χ0) is 13.8. The van der Waals surface area contributed by atoms with Crippen LogP contribution in [-0.4, -0.2) is 6.04 Å². The molecule has 0 spiro atoms. The minimum Gasteiger partial charge on any atom is -0.326 e. The molecule has 0 aliphatic rings. The Kier molecular flexibility index (Phi) is 5.78. The van der Waals surface area contributed by atoms with Gasteiger partial charge in [0.2, 0.25) is 0 Å². The van der Waals surface area contributed by atoms with E-state index >= 15 is 0 Å². The molecule has 0 amide bonds. The van der Waals surface area contributed by atoms with Crippen LogP contribution < -0.4 is 5.73 Å². The highest BCUT2D eigenvalue weighted by Crippen LogP contribution is 2.43. The minimum atomic E-state index is 0.117. The van der Waals surface area contributed by atoms with Gasteiger partial charge in [-0.15, -0.1) is 23.1 Å². The molecule has 2 N–H and O–H groups in total. The number of rotatable bonds is 5. The molecule has 0 aliphatic heterocycles. The summed E-state index contributed by atoms with van der Waals surface area (Å²) in [6, 6.07) is 12.4. The van der Waals surface area contributed by atoms with Crippen molar-refractivity contribution in [1.29, 1.82) is 0 Å². The van der Waals surface area contributed by atoms with E-state index in [9.17, 15) is 0 Å². The molecule has 0 saturated carbocycles. The van der Waals surface area contributed by atoms with Gasteiger partial charge in [-0.1, -0.05) is 30.7 Å². The molecular weight excluding hydrogens is 362 g/mol. The first-order chi connectivity index (χ1) is 9.11. The van der Waals surface area contributed by atoms with Gasteiger partial charge < -0.3 is 5.73 Å². The van der Waals surface area contributed by atoms with E-state index in [0.29, 0.717) is 0 Å². The Morgan fingerprint density at radius 1 is 1.32 bits per heavy atom. The molecule has 0 saturated heterocycles. The molecule has 0 bridgehead atoms. The first-order valence-corrected chi connectivity index (χ1v) is 8.90. The summed E-state index contributed by atoms with van der Waals surface area (Å²) in [4.78, 5) is 2.45. The topological polar surface area (TPSA) is 26.0 Å². The zero-order valence-electron chi connectivity index (χ0n) is 10.5. The van der Waals surface area contributed by atoms with Gasteiger partial charge in [0, 0.05) is 20.3 Å². The van der Waals surface area contributed by atoms with Crippen LogP contribution in [0.25, 0.3) is 0 Å². The predicted octanol–water partition coefficient (Wildman–Crippen LogP) is 5.73. The van der Waals surface area contributed by atoms with Crippen molar-refractivity contribution in [3.63, 3.8) is 0 Å². The number of nitrogens with two attached hydrogens (primary N) is 1. The van der Waals surface area contributed by atoms with E-state index in [2.05, 4.69) is 41.1 Å². The summed E-state index contributed by atoms with van der Waals surface area (Å²) in [7, 11) is 0. The maximum atomic E-state index is 6.28. The molecule has 2 aromatic rings. The second kappa shape index (κ2) is 7.14.